The van der Waals surface area contributed by atoms with Gasteiger partial charge < -0.3 is 15.2 Å². The zero-order chi connectivity index (χ0) is 11.0. The van der Waals surface area contributed by atoms with E-state index in [0.717, 1.165) is 5.56 Å². The predicted octanol–water partition coefficient (Wildman–Crippen LogP) is 1.08. The molecule has 0 spiro atoms. The Labute approximate surface area is 87.9 Å². The predicted molar refractivity (Wildman–Crippen MR) is 55.9 cm³/mol. The Kier molecular flexibility index (Phi) is 2.36. The number of amides is 1. The molecule has 1 aromatic rings. The number of aryl methyl sites for hydroxylation is 1. The van der Waals surface area contributed by atoms with E-state index in [4.69, 9.17) is 4.74 Å². The van der Waals surface area contributed by atoms with Gasteiger partial charge in [-0.2, -0.15) is 0 Å². The van der Waals surface area contributed by atoms with E-state index in [0.29, 0.717) is 11.4 Å². The van der Waals surface area contributed by atoms with Crippen LogP contribution in [0.3, 0.4) is 0 Å². The molecule has 0 saturated carbocycles. The fraction of sp³-hybridized carbons (Fsp3) is 0.364. The van der Waals surface area contributed by atoms with Gasteiger partial charge in [-0.15, -0.1) is 0 Å². The molecule has 0 aliphatic carbocycles. The molecule has 1 aliphatic heterocycles. The summed E-state index contributed by atoms with van der Waals surface area (Å²) in [7, 11) is 0. The van der Waals surface area contributed by atoms with Crippen LogP contribution in [0.15, 0.2) is 18.2 Å². The first-order valence-electron chi connectivity index (χ1n) is 4.84. The van der Waals surface area contributed by atoms with Crippen LogP contribution >= 0.6 is 0 Å². The molecule has 0 fully saturated rings. The summed E-state index contributed by atoms with van der Waals surface area (Å²) in [6, 6.07) is 5.53. The molecule has 4 heteroatoms. The highest BCUT2D eigenvalue weighted by Gasteiger charge is 2.31. The fourth-order valence-corrected chi connectivity index (χ4v) is 1.56. The normalized spacial score (nSPS) is 21.3. The lowest BCUT2D eigenvalue weighted by atomic mass is 10.1. The van der Waals surface area contributed by atoms with E-state index < -0.39 is 12.2 Å². The maximum Gasteiger partial charge on any atom is 0.268 e. The molecule has 2 rings (SSSR count). The minimum atomic E-state index is -0.820. The number of nitrogens with one attached hydrogen (secondary N) is 1. The van der Waals surface area contributed by atoms with Crippen LogP contribution in [-0.2, 0) is 4.79 Å². The molecular weight excluding hydrogens is 194 g/mol. The van der Waals surface area contributed by atoms with Gasteiger partial charge in [-0.1, -0.05) is 6.07 Å². The number of rotatable bonds is 1. The molecule has 80 valence electrons. The number of benzene rings is 1. The van der Waals surface area contributed by atoms with Crippen molar-refractivity contribution >= 4 is 11.6 Å². The summed E-state index contributed by atoms with van der Waals surface area (Å²) >= 11 is 0. The van der Waals surface area contributed by atoms with E-state index in [-0.39, 0.29) is 5.91 Å². The first kappa shape index (κ1) is 9.98. The van der Waals surface area contributed by atoms with Gasteiger partial charge in [0.15, 0.2) is 0 Å². The first-order chi connectivity index (χ1) is 7.08. The molecule has 1 aliphatic rings. The van der Waals surface area contributed by atoms with E-state index >= 15 is 0 Å². The molecule has 0 aromatic heterocycles. The smallest absolute Gasteiger partial charge is 0.268 e. The number of aliphatic hydroxyl groups is 1. The summed E-state index contributed by atoms with van der Waals surface area (Å²) in [5, 5.41) is 12.1. The topological polar surface area (TPSA) is 58.6 Å². The van der Waals surface area contributed by atoms with Crippen LogP contribution in [0.2, 0.25) is 0 Å². The lowest BCUT2D eigenvalue weighted by Gasteiger charge is -2.27. The second-order valence-corrected chi connectivity index (χ2v) is 3.77. The Bertz CT molecular complexity index is 401. The Balaban J connectivity index is 2.34. The van der Waals surface area contributed by atoms with Crippen molar-refractivity contribution < 1.29 is 14.6 Å². The minimum Gasteiger partial charge on any atom is -0.476 e. The van der Waals surface area contributed by atoms with Crippen molar-refractivity contribution in [3.8, 4) is 5.75 Å². The van der Waals surface area contributed by atoms with Gasteiger partial charge in [-0.05, 0) is 31.5 Å². The maximum atomic E-state index is 11.5. The number of carbonyl (C=O) groups is 1. The van der Waals surface area contributed by atoms with Crippen LogP contribution in [0.4, 0.5) is 5.69 Å². The summed E-state index contributed by atoms with van der Waals surface area (Å²) in [5.41, 5.74) is 1.71. The summed E-state index contributed by atoms with van der Waals surface area (Å²) in [6.07, 6.45) is -1.64. The van der Waals surface area contributed by atoms with Crippen molar-refractivity contribution in [1.82, 2.24) is 0 Å². The van der Waals surface area contributed by atoms with Gasteiger partial charge in [0.1, 0.15) is 5.75 Å². The van der Waals surface area contributed by atoms with Gasteiger partial charge in [0, 0.05) is 0 Å². The molecular formula is C11H13NO3. The van der Waals surface area contributed by atoms with Crippen molar-refractivity contribution in [3.05, 3.63) is 23.8 Å². The van der Waals surface area contributed by atoms with Crippen molar-refractivity contribution in [2.45, 2.75) is 26.1 Å². The zero-order valence-corrected chi connectivity index (χ0v) is 8.65. The van der Waals surface area contributed by atoms with E-state index in [9.17, 15) is 9.90 Å². The molecule has 0 saturated heterocycles. The molecule has 15 heavy (non-hydrogen) atoms. The van der Waals surface area contributed by atoms with E-state index in [2.05, 4.69) is 5.32 Å². The zero-order valence-electron chi connectivity index (χ0n) is 8.65. The van der Waals surface area contributed by atoms with Crippen LogP contribution in [0, 0.1) is 6.92 Å². The Hall–Kier alpha value is -1.55. The highest BCUT2D eigenvalue weighted by Crippen LogP contribution is 2.30. The van der Waals surface area contributed by atoms with Gasteiger partial charge in [0.25, 0.3) is 5.91 Å². The van der Waals surface area contributed by atoms with Crippen molar-refractivity contribution in [3.63, 3.8) is 0 Å². The highest BCUT2D eigenvalue weighted by atomic mass is 16.5. The minimum absolute atomic E-state index is 0.303. The molecule has 2 atom stereocenters. The molecule has 2 N–H and O–H groups in total. The van der Waals surface area contributed by atoms with Crippen LogP contribution < -0.4 is 10.1 Å². The monoisotopic (exact) mass is 207 g/mol. The van der Waals surface area contributed by atoms with Gasteiger partial charge >= 0.3 is 0 Å². The van der Waals surface area contributed by atoms with Gasteiger partial charge in [0.2, 0.25) is 6.10 Å². The standard InChI is InChI=1S/C11H13NO3/c1-6-3-4-9-8(5-6)12-11(14)10(15-9)7(2)13/h3-5,7,10,13H,1-2H3,(H,12,14)/t7-,10-/m1/s1. The summed E-state index contributed by atoms with van der Waals surface area (Å²) in [4.78, 5) is 11.5. The average molecular weight is 207 g/mol. The molecule has 4 nitrogen and oxygen atoms in total. The first-order valence-corrected chi connectivity index (χ1v) is 4.84. The van der Waals surface area contributed by atoms with Crippen molar-refractivity contribution in [2.24, 2.45) is 0 Å². The van der Waals surface area contributed by atoms with Crippen molar-refractivity contribution in [1.29, 1.82) is 0 Å². The van der Waals surface area contributed by atoms with Crippen LogP contribution in [0.5, 0.6) is 5.75 Å². The lowest BCUT2D eigenvalue weighted by molar-refractivity contribution is -0.127. The average Bonchev–Trinajstić information content (AvgIpc) is 2.15. The third kappa shape index (κ3) is 1.80. The number of aliphatic hydroxyl groups excluding tert-OH is 1. The quantitative estimate of drug-likeness (QED) is 0.724. The molecule has 0 unspecified atom stereocenters. The fourth-order valence-electron chi connectivity index (χ4n) is 1.56. The summed E-state index contributed by atoms with van der Waals surface area (Å²) < 4.78 is 5.40. The van der Waals surface area contributed by atoms with E-state index in [1.807, 2.05) is 19.1 Å². The van der Waals surface area contributed by atoms with E-state index in [1.165, 1.54) is 6.92 Å². The summed E-state index contributed by atoms with van der Waals surface area (Å²) in [6.45, 7) is 3.47. The van der Waals surface area contributed by atoms with Crippen LogP contribution in [0.1, 0.15) is 12.5 Å². The Morgan fingerprint density at radius 1 is 1.53 bits per heavy atom. The number of carbonyl (C=O) groups excluding carboxylic acids is 1. The lowest BCUT2D eigenvalue weighted by Crippen LogP contribution is -2.44. The molecule has 1 amide bonds. The number of fused-ring (bicyclic) bond motifs is 1. The number of hydrogen-bond acceptors (Lipinski definition) is 3. The molecule has 0 bridgehead atoms. The third-order valence-corrected chi connectivity index (χ3v) is 2.34. The van der Waals surface area contributed by atoms with Crippen LogP contribution in [-0.4, -0.2) is 23.2 Å². The van der Waals surface area contributed by atoms with E-state index in [1.54, 1.807) is 6.07 Å². The van der Waals surface area contributed by atoms with Crippen molar-refractivity contribution in [2.75, 3.05) is 5.32 Å². The number of hydrogen-bond donors (Lipinski definition) is 2. The second-order valence-electron chi connectivity index (χ2n) is 3.77. The largest absolute Gasteiger partial charge is 0.476 e. The van der Waals surface area contributed by atoms with Gasteiger partial charge in [0.05, 0.1) is 11.8 Å². The Morgan fingerprint density at radius 2 is 2.27 bits per heavy atom. The van der Waals surface area contributed by atoms with Crippen LogP contribution in [0.25, 0.3) is 0 Å². The molecule has 1 heterocycles. The Morgan fingerprint density at radius 3 is 2.93 bits per heavy atom. The third-order valence-electron chi connectivity index (χ3n) is 2.34. The SMILES string of the molecule is Cc1ccc2c(c1)NC(=O)[C@@H]([C@@H](C)O)O2. The maximum absolute atomic E-state index is 11.5. The number of ether oxygens (including phenoxy) is 1. The second kappa shape index (κ2) is 3.55. The molecule has 1 aromatic carbocycles. The van der Waals surface area contributed by atoms with Gasteiger partial charge in [-0.25, -0.2) is 0 Å². The number of anilines is 1. The molecule has 0 radical (unpaired) electrons. The summed E-state index contributed by atoms with van der Waals surface area (Å²) in [5.74, 6) is 0.300. The highest BCUT2D eigenvalue weighted by molar-refractivity contribution is 5.98. The van der Waals surface area contributed by atoms with Gasteiger partial charge in [-0.3, -0.25) is 4.79 Å².